The number of anilines is 2. The first kappa shape index (κ1) is 24.5. The second-order valence-electron chi connectivity index (χ2n) is 8.45. The number of carbonyl (C=O) groups is 3. The molecule has 2 heterocycles. The summed E-state index contributed by atoms with van der Waals surface area (Å²) >= 11 is 3.45. The first-order chi connectivity index (χ1) is 16.8. The SMILES string of the molecule is Cc1cc(Br)cc(C)c1NC(=O)COc1ccc(N2C[C@H](C(=O)NCc3ccco3)CC2=O)cc1. The monoisotopic (exact) mass is 539 g/mol. The number of carbonyl (C=O) groups excluding carboxylic acids is 3. The van der Waals surface area contributed by atoms with Crippen molar-refractivity contribution in [2.75, 3.05) is 23.4 Å². The number of benzene rings is 2. The molecule has 35 heavy (non-hydrogen) atoms. The summed E-state index contributed by atoms with van der Waals surface area (Å²) in [6, 6.07) is 14.3. The van der Waals surface area contributed by atoms with Gasteiger partial charge in [-0.25, -0.2) is 0 Å². The number of aryl methyl sites for hydroxylation is 2. The van der Waals surface area contributed by atoms with Crippen LogP contribution in [0.25, 0.3) is 0 Å². The van der Waals surface area contributed by atoms with Crippen LogP contribution in [0.4, 0.5) is 11.4 Å². The molecule has 0 bridgehead atoms. The predicted octanol–water partition coefficient (Wildman–Crippen LogP) is 4.35. The third kappa shape index (κ3) is 6.10. The number of hydrogen-bond donors (Lipinski definition) is 2. The standard InChI is InChI=1S/C26H26BrN3O5/c1-16-10-19(27)11-17(2)25(16)29-23(31)15-35-21-7-5-20(6-8-21)30-14-18(12-24(30)32)26(33)28-13-22-4-3-9-34-22/h3-11,18H,12-15H2,1-2H3,(H,28,33)(H,29,31)/t18-/m1/s1. The van der Waals surface area contributed by atoms with Gasteiger partial charge < -0.3 is 24.7 Å². The summed E-state index contributed by atoms with van der Waals surface area (Å²) in [6.45, 7) is 4.31. The molecule has 3 aromatic rings. The van der Waals surface area contributed by atoms with Gasteiger partial charge in [0.1, 0.15) is 11.5 Å². The van der Waals surface area contributed by atoms with E-state index in [1.807, 2.05) is 26.0 Å². The van der Waals surface area contributed by atoms with Crippen LogP contribution in [-0.2, 0) is 20.9 Å². The van der Waals surface area contributed by atoms with Crippen molar-refractivity contribution in [2.45, 2.75) is 26.8 Å². The first-order valence-electron chi connectivity index (χ1n) is 11.2. The molecule has 0 saturated carbocycles. The number of hydrogen-bond acceptors (Lipinski definition) is 5. The lowest BCUT2D eigenvalue weighted by Gasteiger charge is -2.17. The minimum absolute atomic E-state index is 0.114. The van der Waals surface area contributed by atoms with Crippen molar-refractivity contribution in [3.8, 4) is 5.75 Å². The topological polar surface area (TPSA) is 101 Å². The van der Waals surface area contributed by atoms with E-state index in [-0.39, 0.29) is 37.3 Å². The number of halogens is 1. The number of furan rings is 1. The van der Waals surface area contributed by atoms with Crippen LogP contribution < -0.4 is 20.3 Å². The van der Waals surface area contributed by atoms with Crippen LogP contribution in [-0.4, -0.2) is 30.9 Å². The second-order valence-corrected chi connectivity index (χ2v) is 9.36. The lowest BCUT2D eigenvalue weighted by Crippen LogP contribution is -2.32. The van der Waals surface area contributed by atoms with Crippen molar-refractivity contribution in [3.63, 3.8) is 0 Å². The molecule has 0 aliphatic carbocycles. The molecule has 182 valence electrons. The molecule has 1 aliphatic rings. The quantitative estimate of drug-likeness (QED) is 0.443. The Bertz CT molecular complexity index is 1200. The third-order valence-electron chi connectivity index (χ3n) is 5.79. The molecule has 0 spiro atoms. The van der Waals surface area contributed by atoms with Gasteiger partial charge in [-0.3, -0.25) is 14.4 Å². The van der Waals surface area contributed by atoms with Gasteiger partial charge in [0.25, 0.3) is 5.91 Å². The third-order valence-corrected chi connectivity index (χ3v) is 6.25. The summed E-state index contributed by atoms with van der Waals surface area (Å²) in [4.78, 5) is 38.9. The zero-order valence-corrected chi connectivity index (χ0v) is 21.1. The van der Waals surface area contributed by atoms with Crippen molar-refractivity contribution in [1.82, 2.24) is 5.32 Å². The van der Waals surface area contributed by atoms with Gasteiger partial charge in [0.05, 0.1) is 18.7 Å². The highest BCUT2D eigenvalue weighted by Gasteiger charge is 2.35. The number of amides is 3. The summed E-state index contributed by atoms with van der Waals surface area (Å²) in [7, 11) is 0. The number of nitrogens with zero attached hydrogens (tertiary/aromatic N) is 1. The molecular formula is C26H26BrN3O5. The fourth-order valence-electron chi connectivity index (χ4n) is 4.02. The van der Waals surface area contributed by atoms with Gasteiger partial charge in [-0.1, -0.05) is 15.9 Å². The largest absolute Gasteiger partial charge is 0.484 e. The number of rotatable bonds is 8. The van der Waals surface area contributed by atoms with Gasteiger partial charge in [0.2, 0.25) is 11.8 Å². The van der Waals surface area contributed by atoms with Gasteiger partial charge in [-0.2, -0.15) is 0 Å². The van der Waals surface area contributed by atoms with Crippen molar-refractivity contribution in [3.05, 3.63) is 76.2 Å². The fraction of sp³-hybridized carbons (Fsp3) is 0.269. The highest BCUT2D eigenvalue weighted by molar-refractivity contribution is 9.10. The van der Waals surface area contributed by atoms with E-state index in [9.17, 15) is 14.4 Å². The number of ether oxygens (including phenoxy) is 1. The average molecular weight is 540 g/mol. The molecule has 1 fully saturated rings. The maximum Gasteiger partial charge on any atom is 0.262 e. The molecule has 3 amide bonds. The maximum atomic E-state index is 12.5. The fourth-order valence-corrected chi connectivity index (χ4v) is 4.71. The van der Waals surface area contributed by atoms with Gasteiger partial charge in [-0.05, 0) is 73.5 Å². The van der Waals surface area contributed by atoms with Crippen LogP contribution in [0.3, 0.4) is 0 Å². The van der Waals surface area contributed by atoms with E-state index in [4.69, 9.17) is 9.15 Å². The zero-order valence-electron chi connectivity index (χ0n) is 19.5. The minimum atomic E-state index is -0.428. The molecule has 1 aromatic heterocycles. The zero-order chi connectivity index (χ0) is 24.9. The van der Waals surface area contributed by atoms with Crippen LogP contribution in [0.5, 0.6) is 5.75 Å². The Kier molecular flexibility index (Phi) is 7.55. The lowest BCUT2D eigenvalue weighted by molar-refractivity contribution is -0.126. The molecule has 0 unspecified atom stereocenters. The molecule has 2 aromatic carbocycles. The Morgan fingerprint density at radius 2 is 1.86 bits per heavy atom. The van der Waals surface area contributed by atoms with E-state index >= 15 is 0 Å². The van der Waals surface area contributed by atoms with Gasteiger partial charge in [0.15, 0.2) is 6.61 Å². The second kappa shape index (κ2) is 10.8. The summed E-state index contributed by atoms with van der Waals surface area (Å²) in [6.07, 6.45) is 1.70. The van der Waals surface area contributed by atoms with E-state index in [1.165, 1.54) is 0 Å². The van der Waals surface area contributed by atoms with E-state index in [2.05, 4.69) is 26.6 Å². The van der Waals surface area contributed by atoms with Crippen LogP contribution in [0.1, 0.15) is 23.3 Å². The van der Waals surface area contributed by atoms with E-state index in [1.54, 1.807) is 47.6 Å². The molecular weight excluding hydrogens is 514 g/mol. The molecule has 4 rings (SSSR count). The summed E-state index contributed by atoms with van der Waals surface area (Å²) in [5.41, 5.74) is 3.36. The van der Waals surface area contributed by atoms with Crippen LogP contribution in [0.2, 0.25) is 0 Å². The molecule has 1 saturated heterocycles. The molecule has 1 atom stereocenters. The first-order valence-corrected chi connectivity index (χ1v) is 12.0. The minimum Gasteiger partial charge on any atom is -0.484 e. The highest BCUT2D eigenvalue weighted by Crippen LogP contribution is 2.28. The van der Waals surface area contributed by atoms with Crippen molar-refractivity contribution < 1.29 is 23.5 Å². The van der Waals surface area contributed by atoms with E-state index in [0.29, 0.717) is 23.7 Å². The van der Waals surface area contributed by atoms with Gasteiger partial charge in [0, 0.05) is 28.8 Å². The van der Waals surface area contributed by atoms with Crippen LogP contribution >= 0.6 is 15.9 Å². The highest BCUT2D eigenvalue weighted by atomic mass is 79.9. The van der Waals surface area contributed by atoms with Gasteiger partial charge in [-0.15, -0.1) is 0 Å². The van der Waals surface area contributed by atoms with Crippen LogP contribution in [0.15, 0.2) is 63.7 Å². The Morgan fingerprint density at radius 3 is 2.51 bits per heavy atom. The van der Waals surface area contributed by atoms with Crippen molar-refractivity contribution in [2.24, 2.45) is 5.92 Å². The Morgan fingerprint density at radius 1 is 1.14 bits per heavy atom. The van der Waals surface area contributed by atoms with E-state index in [0.717, 1.165) is 21.3 Å². The lowest BCUT2D eigenvalue weighted by atomic mass is 10.1. The summed E-state index contributed by atoms with van der Waals surface area (Å²) in [5, 5.41) is 5.70. The predicted molar refractivity (Wildman–Crippen MR) is 135 cm³/mol. The summed E-state index contributed by atoms with van der Waals surface area (Å²) < 4.78 is 11.8. The van der Waals surface area contributed by atoms with E-state index < -0.39 is 5.92 Å². The van der Waals surface area contributed by atoms with Crippen LogP contribution in [0, 0.1) is 19.8 Å². The molecule has 9 heteroatoms. The molecule has 1 aliphatic heterocycles. The van der Waals surface area contributed by atoms with Gasteiger partial charge >= 0.3 is 0 Å². The van der Waals surface area contributed by atoms with Crippen molar-refractivity contribution in [1.29, 1.82) is 0 Å². The smallest absolute Gasteiger partial charge is 0.262 e. The molecule has 8 nitrogen and oxygen atoms in total. The normalized spacial score (nSPS) is 15.2. The summed E-state index contributed by atoms with van der Waals surface area (Å²) in [5.74, 6) is 0.178. The Balaban J connectivity index is 1.29. The van der Waals surface area contributed by atoms with Crippen molar-refractivity contribution >= 4 is 45.0 Å². The Hall–Kier alpha value is -3.59. The number of nitrogens with one attached hydrogen (secondary N) is 2. The molecule has 2 N–H and O–H groups in total. The maximum absolute atomic E-state index is 12.5. The molecule has 0 radical (unpaired) electrons. The Labute approximate surface area is 211 Å². The average Bonchev–Trinajstić information content (AvgIpc) is 3.48.